The van der Waals surface area contributed by atoms with Gasteiger partial charge in [0.25, 0.3) is 0 Å². The molecule has 2 aliphatic rings. The van der Waals surface area contributed by atoms with Crippen LogP contribution in [-0.2, 0) is 4.79 Å². The zero-order chi connectivity index (χ0) is 10.2. The van der Waals surface area contributed by atoms with Crippen LogP contribution in [0.3, 0.4) is 0 Å². The van der Waals surface area contributed by atoms with Crippen molar-refractivity contribution in [2.24, 2.45) is 10.8 Å². The SMILES string of the molecule is CC(=O)C12CCCCC1(C)CCCC2. The van der Waals surface area contributed by atoms with E-state index in [1.807, 2.05) is 6.92 Å². The average molecular weight is 194 g/mol. The molecule has 0 saturated heterocycles. The van der Waals surface area contributed by atoms with Gasteiger partial charge in [0, 0.05) is 5.41 Å². The Labute approximate surface area is 87.3 Å². The van der Waals surface area contributed by atoms with Crippen molar-refractivity contribution in [1.82, 2.24) is 0 Å². The van der Waals surface area contributed by atoms with E-state index in [-0.39, 0.29) is 5.41 Å². The zero-order valence-corrected chi connectivity index (χ0v) is 9.57. The van der Waals surface area contributed by atoms with Gasteiger partial charge in [-0.2, -0.15) is 0 Å². The Kier molecular flexibility index (Phi) is 2.45. The Morgan fingerprint density at radius 2 is 1.36 bits per heavy atom. The van der Waals surface area contributed by atoms with Crippen molar-refractivity contribution >= 4 is 5.78 Å². The minimum absolute atomic E-state index is 0.0729. The lowest BCUT2D eigenvalue weighted by atomic mass is 9.49. The molecule has 2 rings (SSSR count). The van der Waals surface area contributed by atoms with Crippen LogP contribution in [0, 0.1) is 10.8 Å². The fourth-order valence-electron chi connectivity index (χ4n) is 3.99. The molecule has 0 unspecified atom stereocenters. The molecule has 0 heterocycles. The van der Waals surface area contributed by atoms with Crippen LogP contribution in [0.25, 0.3) is 0 Å². The van der Waals surface area contributed by atoms with Crippen LogP contribution < -0.4 is 0 Å². The fraction of sp³-hybridized carbons (Fsp3) is 0.923. The van der Waals surface area contributed by atoms with Crippen molar-refractivity contribution in [3.63, 3.8) is 0 Å². The third kappa shape index (κ3) is 1.24. The van der Waals surface area contributed by atoms with Crippen LogP contribution in [0.4, 0.5) is 0 Å². The predicted molar refractivity (Wildman–Crippen MR) is 58.2 cm³/mol. The lowest BCUT2D eigenvalue weighted by molar-refractivity contribution is -0.143. The Bertz CT molecular complexity index is 230. The molecular weight excluding hydrogens is 172 g/mol. The largest absolute Gasteiger partial charge is 0.299 e. The summed E-state index contributed by atoms with van der Waals surface area (Å²) in [5.74, 6) is 0.472. The van der Waals surface area contributed by atoms with Gasteiger partial charge >= 0.3 is 0 Å². The van der Waals surface area contributed by atoms with Crippen molar-refractivity contribution in [2.45, 2.75) is 65.2 Å². The van der Waals surface area contributed by atoms with Gasteiger partial charge in [-0.1, -0.05) is 32.6 Å². The van der Waals surface area contributed by atoms with Crippen LogP contribution in [-0.4, -0.2) is 5.78 Å². The Hall–Kier alpha value is -0.330. The second-order valence-electron chi connectivity index (χ2n) is 5.61. The van der Waals surface area contributed by atoms with E-state index in [4.69, 9.17) is 0 Å². The van der Waals surface area contributed by atoms with E-state index >= 15 is 0 Å². The van der Waals surface area contributed by atoms with Crippen LogP contribution in [0.1, 0.15) is 65.2 Å². The van der Waals surface area contributed by atoms with Crippen LogP contribution in [0.5, 0.6) is 0 Å². The number of Topliss-reactive ketones (excluding diaryl/α,β-unsaturated/α-hetero) is 1. The summed E-state index contributed by atoms with van der Waals surface area (Å²) < 4.78 is 0. The van der Waals surface area contributed by atoms with E-state index < -0.39 is 0 Å². The van der Waals surface area contributed by atoms with E-state index in [0.717, 1.165) is 0 Å². The first-order valence-electron chi connectivity index (χ1n) is 6.12. The van der Waals surface area contributed by atoms with Crippen molar-refractivity contribution < 1.29 is 4.79 Å². The Morgan fingerprint density at radius 1 is 0.929 bits per heavy atom. The molecule has 0 aromatic rings. The first kappa shape index (κ1) is 10.2. The maximum absolute atomic E-state index is 12.0. The quantitative estimate of drug-likeness (QED) is 0.622. The first-order chi connectivity index (χ1) is 6.61. The van der Waals surface area contributed by atoms with Gasteiger partial charge in [0.05, 0.1) is 0 Å². The van der Waals surface area contributed by atoms with Crippen molar-refractivity contribution in [3.05, 3.63) is 0 Å². The third-order valence-electron chi connectivity index (χ3n) is 4.99. The lowest BCUT2D eigenvalue weighted by Gasteiger charge is -2.54. The highest BCUT2D eigenvalue weighted by atomic mass is 16.1. The fourth-order valence-corrected chi connectivity index (χ4v) is 3.99. The molecule has 0 spiro atoms. The van der Waals surface area contributed by atoms with Crippen molar-refractivity contribution in [3.8, 4) is 0 Å². The highest BCUT2D eigenvalue weighted by Crippen LogP contribution is 2.59. The van der Waals surface area contributed by atoms with Gasteiger partial charge in [-0.25, -0.2) is 0 Å². The predicted octanol–water partition coefficient (Wildman–Crippen LogP) is 3.72. The summed E-state index contributed by atoms with van der Waals surface area (Å²) in [6, 6.07) is 0. The minimum atomic E-state index is 0.0729. The van der Waals surface area contributed by atoms with E-state index in [2.05, 4.69) is 6.92 Å². The summed E-state index contributed by atoms with van der Waals surface area (Å²) in [4.78, 5) is 12.0. The topological polar surface area (TPSA) is 17.1 Å². The molecule has 0 aliphatic heterocycles. The van der Waals surface area contributed by atoms with Crippen LogP contribution in [0.15, 0.2) is 0 Å². The minimum Gasteiger partial charge on any atom is -0.299 e. The van der Waals surface area contributed by atoms with Gasteiger partial charge in [-0.15, -0.1) is 0 Å². The average Bonchev–Trinajstić information content (AvgIpc) is 2.16. The monoisotopic (exact) mass is 194 g/mol. The number of rotatable bonds is 1. The van der Waals surface area contributed by atoms with E-state index in [0.29, 0.717) is 11.2 Å². The molecule has 2 saturated carbocycles. The normalized spacial score (nSPS) is 43.0. The molecule has 2 fully saturated rings. The molecule has 0 amide bonds. The van der Waals surface area contributed by atoms with Gasteiger partial charge in [-0.3, -0.25) is 4.79 Å². The molecule has 0 aromatic carbocycles. The number of hydrogen-bond donors (Lipinski definition) is 0. The van der Waals surface area contributed by atoms with Gasteiger partial charge in [0.1, 0.15) is 5.78 Å². The van der Waals surface area contributed by atoms with Gasteiger partial charge in [0.2, 0.25) is 0 Å². The summed E-state index contributed by atoms with van der Waals surface area (Å²) >= 11 is 0. The third-order valence-corrected chi connectivity index (χ3v) is 4.99. The molecule has 2 aliphatic carbocycles. The number of hydrogen-bond acceptors (Lipinski definition) is 1. The standard InChI is InChI=1S/C13H22O/c1-11(14)13-9-5-3-7-12(13,2)8-4-6-10-13/h3-10H2,1-2H3. The number of carbonyl (C=O) groups is 1. The second-order valence-corrected chi connectivity index (χ2v) is 5.61. The molecule has 1 heteroatoms. The van der Waals surface area contributed by atoms with Gasteiger partial charge < -0.3 is 0 Å². The van der Waals surface area contributed by atoms with Crippen molar-refractivity contribution in [2.75, 3.05) is 0 Å². The highest BCUT2D eigenvalue weighted by molar-refractivity contribution is 5.83. The van der Waals surface area contributed by atoms with Crippen molar-refractivity contribution in [1.29, 1.82) is 0 Å². The molecular formula is C13H22O. The molecule has 0 bridgehead atoms. The summed E-state index contributed by atoms with van der Waals surface area (Å²) in [6.07, 6.45) is 10.1. The Morgan fingerprint density at radius 3 is 1.71 bits per heavy atom. The molecule has 0 aromatic heterocycles. The van der Waals surface area contributed by atoms with E-state index in [1.54, 1.807) is 0 Å². The maximum Gasteiger partial charge on any atom is 0.136 e. The van der Waals surface area contributed by atoms with Gasteiger partial charge in [-0.05, 0) is 38.0 Å². The molecule has 0 N–H and O–H groups in total. The smallest absolute Gasteiger partial charge is 0.136 e. The van der Waals surface area contributed by atoms with E-state index in [1.165, 1.54) is 51.4 Å². The zero-order valence-electron chi connectivity index (χ0n) is 9.57. The highest BCUT2D eigenvalue weighted by Gasteiger charge is 2.53. The summed E-state index contributed by atoms with van der Waals surface area (Å²) in [7, 11) is 0. The van der Waals surface area contributed by atoms with Crippen LogP contribution >= 0.6 is 0 Å². The first-order valence-corrected chi connectivity index (χ1v) is 6.12. The second kappa shape index (κ2) is 3.36. The van der Waals surface area contributed by atoms with E-state index in [9.17, 15) is 4.79 Å². The lowest BCUT2D eigenvalue weighted by Crippen LogP contribution is -2.49. The maximum atomic E-state index is 12.0. The summed E-state index contributed by atoms with van der Waals surface area (Å²) in [6.45, 7) is 4.20. The number of fused-ring (bicyclic) bond motifs is 1. The Balaban J connectivity index is 2.34. The molecule has 80 valence electrons. The molecule has 1 nitrogen and oxygen atoms in total. The summed E-state index contributed by atoms with van der Waals surface area (Å²) in [5.41, 5.74) is 0.416. The number of carbonyl (C=O) groups excluding carboxylic acids is 1. The molecule has 0 radical (unpaired) electrons. The molecule has 0 atom stereocenters. The summed E-state index contributed by atoms with van der Waals surface area (Å²) in [5, 5.41) is 0. The van der Waals surface area contributed by atoms with Crippen LogP contribution in [0.2, 0.25) is 0 Å². The molecule has 14 heavy (non-hydrogen) atoms. The number of ketones is 1. The van der Waals surface area contributed by atoms with Gasteiger partial charge in [0.15, 0.2) is 0 Å².